The van der Waals surface area contributed by atoms with Crippen molar-refractivity contribution in [1.82, 2.24) is 5.01 Å². The summed E-state index contributed by atoms with van der Waals surface area (Å²) in [5.41, 5.74) is 3.20. The van der Waals surface area contributed by atoms with Crippen LogP contribution < -0.4 is 4.74 Å². The second kappa shape index (κ2) is 5.77. The molecule has 2 aromatic carbocycles. The van der Waals surface area contributed by atoms with Gasteiger partial charge in [-0.2, -0.15) is 5.10 Å². The zero-order valence-corrected chi connectivity index (χ0v) is 14.9. The Hall–Kier alpha value is -2.53. The number of ether oxygens (including phenoxy) is 1. The van der Waals surface area contributed by atoms with Crippen LogP contribution in [0.1, 0.15) is 35.6 Å². The molecular formula is C20H15BrN2O2. The van der Waals surface area contributed by atoms with Crippen molar-refractivity contribution in [2.75, 3.05) is 0 Å². The predicted octanol–water partition coefficient (Wildman–Crippen LogP) is 5.28. The van der Waals surface area contributed by atoms with E-state index in [0.717, 1.165) is 33.7 Å². The highest BCUT2D eigenvalue weighted by Gasteiger charge is 2.41. The van der Waals surface area contributed by atoms with Gasteiger partial charge in [-0.3, -0.25) is 0 Å². The fourth-order valence-electron chi connectivity index (χ4n) is 3.47. The van der Waals surface area contributed by atoms with Crippen molar-refractivity contribution in [1.29, 1.82) is 0 Å². The molecule has 2 aliphatic heterocycles. The zero-order valence-electron chi connectivity index (χ0n) is 13.3. The number of hydrogen-bond donors (Lipinski definition) is 0. The van der Waals surface area contributed by atoms with Crippen LogP contribution in [-0.4, -0.2) is 10.7 Å². The lowest BCUT2D eigenvalue weighted by molar-refractivity contribution is -0.0190. The smallest absolute Gasteiger partial charge is 0.213 e. The molecule has 0 saturated carbocycles. The highest BCUT2D eigenvalue weighted by atomic mass is 79.9. The molecule has 5 heteroatoms. The standard InChI is InChI=1S/C20H15BrN2O2/c21-14-9-7-13(8-10-14)20-23-17(15-4-1-2-5-18(15)25-20)12-16(22-23)19-6-3-11-24-19/h1-11,17,20H,12H2. The Morgan fingerprint density at radius 1 is 1.00 bits per heavy atom. The first-order valence-electron chi connectivity index (χ1n) is 8.20. The second-order valence-corrected chi connectivity index (χ2v) is 7.10. The maximum absolute atomic E-state index is 6.31. The number of para-hydroxylation sites is 1. The van der Waals surface area contributed by atoms with Gasteiger partial charge in [-0.15, -0.1) is 0 Å². The minimum atomic E-state index is -0.250. The first-order valence-corrected chi connectivity index (χ1v) is 8.99. The van der Waals surface area contributed by atoms with Crippen LogP contribution in [0.25, 0.3) is 0 Å². The van der Waals surface area contributed by atoms with Gasteiger partial charge in [0.2, 0.25) is 6.23 Å². The van der Waals surface area contributed by atoms with E-state index >= 15 is 0 Å². The van der Waals surface area contributed by atoms with Crippen LogP contribution in [0.15, 0.2) is 80.9 Å². The summed E-state index contributed by atoms with van der Waals surface area (Å²) >= 11 is 3.49. The number of hydrazone groups is 1. The predicted molar refractivity (Wildman–Crippen MR) is 98.4 cm³/mol. The maximum atomic E-state index is 6.31. The molecular weight excluding hydrogens is 380 g/mol. The number of nitrogens with zero attached hydrogens (tertiary/aromatic N) is 2. The van der Waals surface area contributed by atoms with E-state index in [1.165, 1.54) is 5.56 Å². The number of hydrogen-bond acceptors (Lipinski definition) is 4. The minimum Gasteiger partial charge on any atom is -0.464 e. The molecule has 25 heavy (non-hydrogen) atoms. The Labute approximate surface area is 153 Å². The molecule has 3 aromatic rings. The molecule has 1 aromatic heterocycles. The van der Waals surface area contributed by atoms with Gasteiger partial charge in [0, 0.05) is 22.0 Å². The number of halogens is 1. The number of fused-ring (bicyclic) bond motifs is 3. The van der Waals surface area contributed by atoms with Gasteiger partial charge in [0.1, 0.15) is 17.2 Å². The summed E-state index contributed by atoms with van der Waals surface area (Å²) in [6, 6.07) is 20.4. The summed E-state index contributed by atoms with van der Waals surface area (Å²) in [6.45, 7) is 0. The molecule has 0 saturated heterocycles. The largest absolute Gasteiger partial charge is 0.464 e. The topological polar surface area (TPSA) is 38.0 Å². The Morgan fingerprint density at radius 2 is 1.84 bits per heavy atom. The van der Waals surface area contributed by atoms with E-state index in [4.69, 9.17) is 14.3 Å². The highest BCUT2D eigenvalue weighted by molar-refractivity contribution is 9.10. The normalized spacial score (nSPS) is 21.3. The van der Waals surface area contributed by atoms with Gasteiger partial charge in [0.25, 0.3) is 0 Å². The molecule has 2 unspecified atom stereocenters. The lowest BCUT2D eigenvalue weighted by Crippen LogP contribution is -2.33. The van der Waals surface area contributed by atoms with Crippen LogP contribution in [0.4, 0.5) is 0 Å². The molecule has 3 heterocycles. The summed E-state index contributed by atoms with van der Waals surface area (Å²) in [5, 5.41) is 6.91. The van der Waals surface area contributed by atoms with Crippen molar-refractivity contribution in [3.05, 3.63) is 88.3 Å². The van der Waals surface area contributed by atoms with Gasteiger partial charge in [0.15, 0.2) is 0 Å². The van der Waals surface area contributed by atoms with Gasteiger partial charge in [-0.05, 0) is 30.3 Å². The van der Waals surface area contributed by atoms with E-state index in [9.17, 15) is 0 Å². The molecule has 0 radical (unpaired) electrons. The molecule has 0 bridgehead atoms. The van der Waals surface area contributed by atoms with Crippen LogP contribution in [0.5, 0.6) is 5.75 Å². The van der Waals surface area contributed by atoms with Crippen LogP contribution >= 0.6 is 15.9 Å². The summed E-state index contributed by atoms with van der Waals surface area (Å²) in [5.74, 6) is 1.74. The zero-order chi connectivity index (χ0) is 16.8. The van der Waals surface area contributed by atoms with Crippen molar-refractivity contribution in [3.63, 3.8) is 0 Å². The minimum absolute atomic E-state index is 0.152. The van der Waals surface area contributed by atoms with Crippen molar-refractivity contribution in [2.24, 2.45) is 5.10 Å². The summed E-state index contributed by atoms with van der Waals surface area (Å²) in [7, 11) is 0. The third-order valence-corrected chi connectivity index (χ3v) is 5.19. The summed E-state index contributed by atoms with van der Waals surface area (Å²) in [6.07, 6.45) is 2.24. The Balaban J connectivity index is 1.60. The molecule has 2 aliphatic rings. The van der Waals surface area contributed by atoms with Gasteiger partial charge in [-0.25, -0.2) is 5.01 Å². The Kier molecular flexibility index (Phi) is 3.41. The van der Waals surface area contributed by atoms with E-state index in [1.807, 2.05) is 42.5 Å². The highest BCUT2D eigenvalue weighted by Crippen LogP contribution is 2.47. The maximum Gasteiger partial charge on any atom is 0.213 e. The molecule has 4 nitrogen and oxygen atoms in total. The van der Waals surface area contributed by atoms with Gasteiger partial charge >= 0.3 is 0 Å². The quantitative estimate of drug-likeness (QED) is 0.592. The fraction of sp³-hybridized carbons (Fsp3) is 0.150. The van der Waals surface area contributed by atoms with Gasteiger partial charge in [-0.1, -0.05) is 46.3 Å². The average Bonchev–Trinajstić information content (AvgIpc) is 3.31. The average molecular weight is 395 g/mol. The first-order chi connectivity index (χ1) is 12.3. The third-order valence-electron chi connectivity index (χ3n) is 4.66. The third kappa shape index (κ3) is 2.46. The molecule has 0 aliphatic carbocycles. The molecule has 0 fully saturated rings. The molecule has 0 spiro atoms. The molecule has 2 atom stereocenters. The van der Waals surface area contributed by atoms with Crippen molar-refractivity contribution in [2.45, 2.75) is 18.7 Å². The molecule has 0 N–H and O–H groups in total. The van der Waals surface area contributed by atoms with E-state index < -0.39 is 0 Å². The molecule has 124 valence electrons. The summed E-state index contributed by atoms with van der Waals surface area (Å²) < 4.78 is 12.9. The van der Waals surface area contributed by atoms with Crippen molar-refractivity contribution < 1.29 is 9.15 Å². The van der Waals surface area contributed by atoms with Crippen molar-refractivity contribution in [3.8, 4) is 5.75 Å². The van der Waals surface area contributed by atoms with Crippen LogP contribution in [0.3, 0.4) is 0 Å². The SMILES string of the molecule is Brc1ccc(C2Oc3ccccc3C3CC(c4ccco4)=NN32)cc1. The molecule has 0 amide bonds. The molecule has 5 rings (SSSR count). The van der Waals surface area contributed by atoms with Crippen LogP contribution in [-0.2, 0) is 0 Å². The second-order valence-electron chi connectivity index (χ2n) is 6.18. The number of benzene rings is 2. The monoisotopic (exact) mass is 394 g/mol. The number of rotatable bonds is 2. The fourth-order valence-corrected chi connectivity index (χ4v) is 3.74. The Morgan fingerprint density at radius 3 is 2.64 bits per heavy atom. The van der Waals surface area contributed by atoms with Crippen molar-refractivity contribution >= 4 is 21.6 Å². The summed E-state index contributed by atoms with van der Waals surface area (Å²) in [4.78, 5) is 0. The first kappa shape index (κ1) is 14.8. The lowest BCUT2D eigenvalue weighted by atomic mass is 9.97. The van der Waals surface area contributed by atoms with E-state index in [-0.39, 0.29) is 12.3 Å². The van der Waals surface area contributed by atoms with E-state index in [0.29, 0.717) is 0 Å². The number of furan rings is 1. The lowest BCUT2D eigenvalue weighted by Gasteiger charge is -2.38. The van der Waals surface area contributed by atoms with E-state index in [1.54, 1.807) is 6.26 Å². The van der Waals surface area contributed by atoms with Crippen LogP contribution in [0, 0.1) is 0 Å². The Bertz CT molecular complexity index is 935. The van der Waals surface area contributed by atoms with E-state index in [2.05, 4.69) is 39.1 Å². The van der Waals surface area contributed by atoms with Gasteiger partial charge < -0.3 is 9.15 Å². The van der Waals surface area contributed by atoms with Crippen LogP contribution in [0.2, 0.25) is 0 Å². The van der Waals surface area contributed by atoms with Gasteiger partial charge in [0.05, 0.1) is 12.3 Å².